The molecular weight excluding hydrogens is 242 g/mol. The van der Waals surface area contributed by atoms with Gasteiger partial charge in [-0.3, -0.25) is 0 Å². The second-order valence-electron chi connectivity index (χ2n) is 3.13. The summed E-state index contributed by atoms with van der Waals surface area (Å²) in [7, 11) is -3.48. The number of ether oxygens (including phenoxy) is 1. The highest BCUT2D eigenvalue weighted by Gasteiger charge is 2.21. The Morgan fingerprint density at radius 1 is 1.41 bits per heavy atom. The highest BCUT2D eigenvalue weighted by Crippen LogP contribution is 2.17. The van der Waals surface area contributed by atoms with Gasteiger partial charge in [0.2, 0.25) is 0 Å². The van der Waals surface area contributed by atoms with E-state index < -0.39 is 22.4 Å². The predicted octanol–water partition coefficient (Wildman–Crippen LogP) is 1.16. The summed E-state index contributed by atoms with van der Waals surface area (Å²) in [5.41, 5.74) is -0.0374. The summed E-state index contributed by atoms with van der Waals surface area (Å²) in [6.45, 7) is 1.09. The molecule has 0 aliphatic rings. The van der Waals surface area contributed by atoms with E-state index in [1.165, 1.54) is 31.2 Å². The van der Waals surface area contributed by atoms with Gasteiger partial charge < -0.3 is 4.74 Å². The van der Waals surface area contributed by atoms with Crippen LogP contribution in [0.4, 0.5) is 0 Å². The van der Waals surface area contributed by atoms with Crippen molar-refractivity contribution in [2.24, 2.45) is 0 Å². The first-order chi connectivity index (χ1) is 8.03. The second kappa shape index (κ2) is 5.46. The fourth-order valence-electron chi connectivity index (χ4n) is 1.24. The average Bonchev–Trinajstić information content (AvgIpc) is 2.36. The third-order valence-electron chi connectivity index (χ3n) is 2.09. The number of nitriles is 1. The van der Waals surface area contributed by atoms with Gasteiger partial charge in [0.15, 0.2) is 16.4 Å². The monoisotopic (exact) mass is 253 g/mol. The number of nitrogens with zero attached hydrogens (tertiary/aromatic N) is 1. The Kier molecular flexibility index (Phi) is 4.24. The molecule has 0 saturated heterocycles. The number of carbonyl (C=O) groups excluding carboxylic acids is 1. The molecule has 0 aliphatic carbocycles. The van der Waals surface area contributed by atoms with E-state index in [1.54, 1.807) is 6.07 Å². The van der Waals surface area contributed by atoms with Crippen molar-refractivity contribution in [3.63, 3.8) is 0 Å². The van der Waals surface area contributed by atoms with Crippen molar-refractivity contribution in [1.82, 2.24) is 0 Å². The van der Waals surface area contributed by atoms with Crippen LogP contribution in [0.1, 0.15) is 17.3 Å². The molecule has 0 N–H and O–H groups in total. The number of hydrogen-bond acceptors (Lipinski definition) is 5. The van der Waals surface area contributed by atoms with Gasteiger partial charge in [0.1, 0.15) is 6.07 Å². The summed E-state index contributed by atoms with van der Waals surface area (Å²) in [5.74, 6) is -0.908. The maximum Gasteiger partial charge on any atom is 0.340 e. The zero-order chi connectivity index (χ0) is 12.9. The molecule has 0 amide bonds. The maximum absolute atomic E-state index is 11.7. The van der Waals surface area contributed by atoms with Crippen LogP contribution in [0.3, 0.4) is 0 Å². The Balaban J connectivity index is 3.18. The first-order valence-corrected chi connectivity index (χ1v) is 6.54. The average molecular weight is 253 g/mol. The molecule has 17 heavy (non-hydrogen) atoms. The molecule has 0 heterocycles. The summed E-state index contributed by atoms with van der Waals surface area (Å²) < 4.78 is 28.0. The maximum atomic E-state index is 11.7. The zero-order valence-corrected chi connectivity index (χ0v) is 10.0. The minimum absolute atomic E-state index is 0.0374. The van der Waals surface area contributed by atoms with Crippen molar-refractivity contribution in [3.05, 3.63) is 29.8 Å². The Bertz CT molecular complexity index is 557. The van der Waals surface area contributed by atoms with Gasteiger partial charge in [-0.1, -0.05) is 19.1 Å². The van der Waals surface area contributed by atoms with Crippen LogP contribution >= 0.6 is 0 Å². The fraction of sp³-hybridized carbons (Fsp3) is 0.273. The molecular formula is C11H11NO4S. The molecule has 5 nitrogen and oxygen atoms in total. The van der Waals surface area contributed by atoms with E-state index in [9.17, 15) is 13.2 Å². The minimum atomic E-state index is -3.48. The van der Waals surface area contributed by atoms with Gasteiger partial charge in [0.25, 0.3) is 0 Å². The molecule has 0 bridgehead atoms. The molecule has 0 radical (unpaired) electrons. The Morgan fingerprint density at radius 2 is 2.06 bits per heavy atom. The lowest BCUT2D eigenvalue weighted by molar-refractivity contribution is 0.0550. The van der Waals surface area contributed by atoms with Crippen LogP contribution in [0.25, 0.3) is 0 Å². The van der Waals surface area contributed by atoms with Gasteiger partial charge in [0.05, 0.1) is 16.2 Å². The molecule has 0 fully saturated rings. The van der Waals surface area contributed by atoms with Crippen LogP contribution in [0.15, 0.2) is 29.2 Å². The van der Waals surface area contributed by atoms with E-state index in [0.717, 1.165) is 0 Å². The molecule has 0 atom stereocenters. The van der Waals surface area contributed by atoms with Gasteiger partial charge in [-0.2, -0.15) is 5.26 Å². The molecule has 0 saturated carbocycles. The van der Waals surface area contributed by atoms with Gasteiger partial charge in [-0.05, 0) is 12.1 Å². The molecule has 0 aromatic heterocycles. The molecule has 1 aromatic rings. The summed E-state index contributed by atoms with van der Waals surface area (Å²) >= 11 is 0. The standard InChI is InChI=1S/C11H11NO4S/c1-2-17(14,15)10-6-4-3-5-9(10)11(13)16-8-7-12/h3-6H,2,8H2,1H3. The lowest BCUT2D eigenvalue weighted by Crippen LogP contribution is -2.13. The summed E-state index contributed by atoms with van der Waals surface area (Å²) in [4.78, 5) is 11.5. The first kappa shape index (κ1) is 13.2. The van der Waals surface area contributed by atoms with Gasteiger partial charge in [-0.25, -0.2) is 13.2 Å². The van der Waals surface area contributed by atoms with Gasteiger partial charge in [-0.15, -0.1) is 0 Å². The predicted molar refractivity (Wildman–Crippen MR) is 60.1 cm³/mol. The van der Waals surface area contributed by atoms with Crippen LogP contribution in [0.5, 0.6) is 0 Å². The lowest BCUT2D eigenvalue weighted by Gasteiger charge is -2.07. The number of sulfone groups is 1. The molecule has 90 valence electrons. The third-order valence-corrected chi connectivity index (χ3v) is 3.88. The van der Waals surface area contributed by atoms with Crippen molar-refractivity contribution < 1.29 is 17.9 Å². The van der Waals surface area contributed by atoms with Gasteiger partial charge in [0, 0.05) is 0 Å². The largest absolute Gasteiger partial charge is 0.447 e. The highest BCUT2D eigenvalue weighted by molar-refractivity contribution is 7.91. The number of hydrogen-bond donors (Lipinski definition) is 0. The molecule has 0 spiro atoms. The molecule has 6 heteroatoms. The van der Waals surface area contributed by atoms with Crippen molar-refractivity contribution in [1.29, 1.82) is 5.26 Å². The van der Waals surface area contributed by atoms with Crippen LogP contribution in [-0.2, 0) is 14.6 Å². The van der Waals surface area contributed by atoms with Crippen LogP contribution in [0.2, 0.25) is 0 Å². The SMILES string of the molecule is CCS(=O)(=O)c1ccccc1C(=O)OCC#N. The Labute approximate surface area is 99.5 Å². The molecule has 1 rings (SSSR count). The van der Waals surface area contributed by atoms with Gasteiger partial charge >= 0.3 is 5.97 Å². The summed E-state index contributed by atoms with van der Waals surface area (Å²) in [6, 6.07) is 7.43. The van der Waals surface area contributed by atoms with E-state index in [2.05, 4.69) is 4.74 Å². The van der Waals surface area contributed by atoms with E-state index in [1.807, 2.05) is 0 Å². The smallest absolute Gasteiger partial charge is 0.340 e. The van der Waals surface area contributed by atoms with Crippen molar-refractivity contribution in [3.8, 4) is 6.07 Å². The number of carbonyl (C=O) groups is 1. The van der Waals surface area contributed by atoms with E-state index in [-0.39, 0.29) is 16.2 Å². The zero-order valence-electron chi connectivity index (χ0n) is 9.21. The quantitative estimate of drug-likeness (QED) is 0.752. The molecule has 0 unspecified atom stereocenters. The third kappa shape index (κ3) is 3.04. The van der Waals surface area contributed by atoms with Crippen molar-refractivity contribution >= 4 is 15.8 Å². The summed E-state index contributed by atoms with van der Waals surface area (Å²) in [6.07, 6.45) is 0. The number of benzene rings is 1. The van der Waals surface area contributed by atoms with E-state index >= 15 is 0 Å². The fourth-order valence-corrected chi connectivity index (χ4v) is 2.32. The van der Waals surface area contributed by atoms with Crippen molar-refractivity contribution in [2.75, 3.05) is 12.4 Å². The Morgan fingerprint density at radius 3 is 2.65 bits per heavy atom. The van der Waals surface area contributed by atoms with Crippen molar-refractivity contribution in [2.45, 2.75) is 11.8 Å². The number of esters is 1. The topological polar surface area (TPSA) is 84.2 Å². The normalized spacial score (nSPS) is 10.6. The van der Waals surface area contributed by atoms with Crippen LogP contribution in [-0.4, -0.2) is 26.7 Å². The molecule has 0 aliphatic heterocycles. The summed E-state index contributed by atoms with van der Waals surface area (Å²) in [5, 5.41) is 8.29. The highest BCUT2D eigenvalue weighted by atomic mass is 32.2. The van der Waals surface area contributed by atoms with E-state index in [0.29, 0.717) is 0 Å². The number of rotatable bonds is 4. The van der Waals surface area contributed by atoms with E-state index in [4.69, 9.17) is 5.26 Å². The second-order valence-corrected chi connectivity index (χ2v) is 5.38. The first-order valence-electron chi connectivity index (χ1n) is 4.88. The Hall–Kier alpha value is -1.87. The van der Waals surface area contributed by atoms with Crippen LogP contribution < -0.4 is 0 Å². The molecule has 1 aromatic carbocycles. The lowest BCUT2D eigenvalue weighted by atomic mass is 10.2. The van der Waals surface area contributed by atoms with Crippen LogP contribution in [0, 0.1) is 11.3 Å². The minimum Gasteiger partial charge on any atom is -0.447 e.